The highest BCUT2D eigenvalue weighted by Gasteiger charge is 2.24. The van der Waals surface area contributed by atoms with Crippen molar-refractivity contribution in [2.75, 3.05) is 6.61 Å². The Kier molecular flexibility index (Phi) is 6.22. The highest BCUT2D eigenvalue weighted by molar-refractivity contribution is 5.90. The van der Waals surface area contributed by atoms with Crippen molar-refractivity contribution in [2.24, 2.45) is 0 Å². The molecule has 0 radical (unpaired) electrons. The normalized spacial score (nSPS) is 20.3. The fourth-order valence-electron chi connectivity index (χ4n) is 1.89. The van der Waals surface area contributed by atoms with Gasteiger partial charge in [0, 0.05) is 12.0 Å². The van der Waals surface area contributed by atoms with Crippen molar-refractivity contribution in [3.8, 4) is 0 Å². The van der Waals surface area contributed by atoms with E-state index in [2.05, 4.69) is 0 Å². The van der Waals surface area contributed by atoms with Crippen LogP contribution in [0.1, 0.15) is 33.1 Å². The van der Waals surface area contributed by atoms with Gasteiger partial charge in [-0.3, -0.25) is 4.79 Å². The third kappa shape index (κ3) is 5.22. The van der Waals surface area contributed by atoms with Gasteiger partial charge in [0.2, 0.25) is 0 Å². The summed E-state index contributed by atoms with van der Waals surface area (Å²) in [6.45, 7) is 3.63. The van der Waals surface area contributed by atoms with E-state index in [9.17, 15) is 9.59 Å². The number of cyclic esters (lactones) is 1. The number of rotatable bonds is 7. The van der Waals surface area contributed by atoms with Crippen molar-refractivity contribution < 1.29 is 19.4 Å². The molecule has 1 N–H and O–H groups in total. The number of allylic oxidation sites excluding steroid dienone is 2. The van der Waals surface area contributed by atoms with E-state index in [0.29, 0.717) is 30.4 Å². The monoisotopic (exact) mass is 264 g/mol. The van der Waals surface area contributed by atoms with Crippen LogP contribution in [0.2, 0.25) is 0 Å². The van der Waals surface area contributed by atoms with Gasteiger partial charge in [-0.1, -0.05) is 17.7 Å². The molecule has 1 atom stereocenters. The summed E-state index contributed by atoms with van der Waals surface area (Å²) in [5, 5.41) is 8.77. The van der Waals surface area contributed by atoms with Gasteiger partial charge in [0.05, 0.1) is 6.61 Å². The van der Waals surface area contributed by atoms with Crippen molar-refractivity contribution in [3.05, 3.63) is 34.9 Å². The highest BCUT2D eigenvalue weighted by atomic mass is 16.5. The summed E-state index contributed by atoms with van der Waals surface area (Å²) in [5.41, 5.74) is 2.33. The molecule has 4 heteroatoms. The molecule has 1 aliphatic heterocycles. The minimum absolute atomic E-state index is 0.00115. The minimum Gasteiger partial charge on any atom is -0.454 e. The van der Waals surface area contributed by atoms with Gasteiger partial charge in [0.1, 0.15) is 12.4 Å². The number of aldehydes is 1. The number of hydrogen-bond acceptors (Lipinski definition) is 4. The Hall–Kier alpha value is -1.68. The van der Waals surface area contributed by atoms with E-state index in [1.54, 1.807) is 13.0 Å². The van der Waals surface area contributed by atoms with Gasteiger partial charge in [-0.2, -0.15) is 0 Å². The quantitative estimate of drug-likeness (QED) is 0.331. The topological polar surface area (TPSA) is 63.6 Å². The molecule has 0 aliphatic carbocycles. The first kappa shape index (κ1) is 15.4. The van der Waals surface area contributed by atoms with Crippen molar-refractivity contribution in [3.63, 3.8) is 0 Å². The number of ether oxygens (including phenoxy) is 1. The Morgan fingerprint density at radius 2 is 2.16 bits per heavy atom. The third-order valence-electron chi connectivity index (χ3n) is 2.94. The summed E-state index contributed by atoms with van der Waals surface area (Å²) < 4.78 is 5.23. The molecule has 4 nitrogen and oxygen atoms in total. The second-order valence-corrected chi connectivity index (χ2v) is 4.68. The number of esters is 1. The molecule has 0 bridgehead atoms. The van der Waals surface area contributed by atoms with Crippen LogP contribution in [0, 0.1) is 0 Å². The van der Waals surface area contributed by atoms with Gasteiger partial charge in [-0.15, -0.1) is 0 Å². The van der Waals surface area contributed by atoms with Crippen molar-refractivity contribution in [1.29, 1.82) is 0 Å². The van der Waals surface area contributed by atoms with Crippen LogP contribution in [0.4, 0.5) is 0 Å². The van der Waals surface area contributed by atoms with Crippen molar-refractivity contribution in [1.82, 2.24) is 0 Å². The maximum atomic E-state index is 11.6. The zero-order valence-electron chi connectivity index (χ0n) is 11.4. The van der Waals surface area contributed by atoms with Gasteiger partial charge in [-0.05, 0) is 38.3 Å². The van der Waals surface area contributed by atoms with Crippen LogP contribution in [0.15, 0.2) is 34.9 Å². The second kappa shape index (κ2) is 7.69. The standard InChI is InChI=1S/C15H20O4/c1-11(6-7-16)8-14-9-13(15(18)19-14)5-3-4-12(2)10-17/h4,6,9-10,14,16H,3,5,7-8H2,1-2H3/b11-6+,12-4+/t14-/m1/s1. The number of carbonyl (C=O) groups excluding carboxylic acids is 2. The van der Waals surface area contributed by atoms with E-state index in [0.717, 1.165) is 11.9 Å². The van der Waals surface area contributed by atoms with Gasteiger partial charge < -0.3 is 9.84 Å². The number of carbonyl (C=O) groups is 2. The molecule has 0 saturated heterocycles. The van der Waals surface area contributed by atoms with E-state index >= 15 is 0 Å². The lowest BCUT2D eigenvalue weighted by Crippen LogP contribution is -2.08. The molecule has 1 aliphatic rings. The molecular formula is C15H20O4. The van der Waals surface area contributed by atoms with Crippen LogP contribution in [0.5, 0.6) is 0 Å². The molecule has 0 saturated carbocycles. The van der Waals surface area contributed by atoms with E-state index in [4.69, 9.17) is 9.84 Å². The number of aliphatic hydroxyl groups is 1. The molecule has 0 spiro atoms. The van der Waals surface area contributed by atoms with Gasteiger partial charge >= 0.3 is 5.97 Å². The van der Waals surface area contributed by atoms with Crippen LogP contribution in [0.25, 0.3) is 0 Å². The lowest BCUT2D eigenvalue weighted by molar-refractivity contribution is -0.139. The fraction of sp³-hybridized carbons (Fsp3) is 0.467. The summed E-state index contributed by atoms with van der Waals surface area (Å²) in [7, 11) is 0. The maximum absolute atomic E-state index is 11.6. The molecule has 1 rings (SSSR count). The summed E-state index contributed by atoms with van der Waals surface area (Å²) in [5.74, 6) is -0.279. The van der Waals surface area contributed by atoms with Crippen LogP contribution in [-0.2, 0) is 14.3 Å². The van der Waals surface area contributed by atoms with Crippen molar-refractivity contribution in [2.45, 2.75) is 39.2 Å². The summed E-state index contributed by atoms with van der Waals surface area (Å²) in [4.78, 5) is 22.0. The Bertz CT molecular complexity index is 429. The fourth-order valence-corrected chi connectivity index (χ4v) is 1.89. The molecule has 0 amide bonds. The number of hydrogen-bond donors (Lipinski definition) is 1. The molecule has 0 unspecified atom stereocenters. The van der Waals surface area contributed by atoms with Crippen LogP contribution < -0.4 is 0 Å². The van der Waals surface area contributed by atoms with Gasteiger partial charge in [0.15, 0.2) is 0 Å². The van der Waals surface area contributed by atoms with E-state index in [1.807, 2.05) is 19.1 Å². The zero-order valence-corrected chi connectivity index (χ0v) is 11.4. The number of aliphatic hydroxyl groups excluding tert-OH is 1. The first-order valence-electron chi connectivity index (χ1n) is 6.37. The first-order chi connectivity index (χ1) is 9.06. The molecule has 104 valence electrons. The molecular weight excluding hydrogens is 244 g/mol. The summed E-state index contributed by atoms with van der Waals surface area (Å²) >= 11 is 0. The highest BCUT2D eigenvalue weighted by Crippen LogP contribution is 2.22. The van der Waals surface area contributed by atoms with Crippen molar-refractivity contribution >= 4 is 12.3 Å². The smallest absolute Gasteiger partial charge is 0.334 e. The average Bonchev–Trinajstić information content (AvgIpc) is 2.69. The van der Waals surface area contributed by atoms with Crippen LogP contribution in [-0.4, -0.2) is 30.1 Å². The molecule has 0 aromatic heterocycles. The Balaban J connectivity index is 2.52. The second-order valence-electron chi connectivity index (χ2n) is 4.68. The lowest BCUT2D eigenvalue weighted by Gasteiger charge is -2.07. The van der Waals surface area contributed by atoms with Gasteiger partial charge in [0.25, 0.3) is 0 Å². The Morgan fingerprint density at radius 3 is 2.79 bits per heavy atom. The van der Waals surface area contributed by atoms with Crippen LogP contribution in [0.3, 0.4) is 0 Å². The molecule has 1 heterocycles. The maximum Gasteiger partial charge on any atom is 0.334 e. The lowest BCUT2D eigenvalue weighted by atomic mass is 10.1. The summed E-state index contributed by atoms with van der Waals surface area (Å²) in [6, 6.07) is 0. The minimum atomic E-state index is -0.279. The third-order valence-corrected chi connectivity index (χ3v) is 2.94. The van der Waals surface area contributed by atoms with E-state index in [1.165, 1.54) is 0 Å². The molecule has 19 heavy (non-hydrogen) atoms. The molecule has 0 aromatic carbocycles. The predicted octanol–water partition coefficient (Wildman–Crippen LogP) is 2.09. The van der Waals surface area contributed by atoms with E-state index in [-0.39, 0.29) is 18.7 Å². The predicted molar refractivity (Wildman–Crippen MR) is 72.5 cm³/mol. The first-order valence-corrected chi connectivity index (χ1v) is 6.37. The van der Waals surface area contributed by atoms with Gasteiger partial charge in [-0.25, -0.2) is 4.79 Å². The zero-order chi connectivity index (χ0) is 14.3. The van der Waals surface area contributed by atoms with E-state index < -0.39 is 0 Å². The average molecular weight is 264 g/mol. The Labute approximate surface area is 113 Å². The Morgan fingerprint density at radius 1 is 1.42 bits per heavy atom. The van der Waals surface area contributed by atoms with Crippen LogP contribution >= 0.6 is 0 Å². The molecule has 0 fully saturated rings. The SMILES string of the molecule is C/C(C=O)=C\CCC1=C[C@@H](C/C(C)=C/CO)OC1=O. The molecule has 0 aromatic rings. The largest absolute Gasteiger partial charge is 0.454 e. The summed E-state index contributed by atoms with van der Waals surface area (Å²) in [6.07, 6.45) is 7.77.